The van der Waals surface area contributed by atoms with Crippen molar-refractivity contribution in [2.45, 2.75) is 45.1 Å². The summed E-state index contributed by atoms with van der Waals surface area (Å²) in [7, 11) is 0. The summed E-state index contributed by atoms with van der Waals surface area (Å²) >= 11 is 6.12. The lowest BCUT2D eigenvalue weighted by Gasteiger charge is -2.39. The maximum absolute atomic E-state index is 14.0. The van der Waals surface area contributed by atoms with E-state index < -0.39 is 5.41 Å². The Bertz CT molecular complexity index is 887. The van der Waals surface area contributed by atoms with Crippen molar-refractivity contribution in [3.05, 3.63) is 58.9 Å². The lowest BCUT2D eigenvalue weighted by Crippen LogP contribution is -2.49. The summed E-state index contributed by atoms with van der Waals surface area (Å²) in [6, 6.07) is 12.5. The van der Waals surface area contributed by atoms with Gasteiger partial charge in [0.05, 0.1) is 5.41 Å². The van der Waals surface area contributed by atoms with Gasteiger partial charge in [-0.2, -0.15) is 0 Å². The number of anilines is 2. The van der Waals surface area contributed by atoms with Crippen molar-refractivity contribution in [3.8, 4) is 0 Å². The largest absolute Gasteiger partial charge is 0.367 e. The summed E-state index contributed by atoms with van der Waals surface area (Å²) in [5.41, 5.74) is 2.07. The van der Waals surface area contributed by atoms with Gasteiger partial charge < -0.3 is 10.2 Å². The van der Waals surface area contributed by atoms with Gasteiger partial charge in [-0.05, 0) is 48.1 Å². The summed E-state index contributed by atoms with van der Waals surface area (Å²) in [6.07, 6.45) is 1.51. The van der Waals surface area contributed by atoms with Gasteiger partial charge in [-0.15, -0.1) is 0 Å². The minimum atomic E-state index is -0.622. The van der Waals surface area contributed by atoms with Crippen LogP contribution in [0, 0.1) is 11.2 Å². The maximum Gasteiger partial charge on any atom is 0.237 e. The number of amides is 1. The van der Waals surface area contributed by atoms with E-state index >= 15 is 0 Å². The zero-order chi connectivity index (χ0) is 19.4. The molecule has 2 heterocycles. The molecule has 2 atom stereocenters. The Morgan fingerprint density at radius 2 is 2.00 bits per heavy atom. The van der Waals surface area contributed by atoms with Crippen LogP contribution in [0.15, 0.2) is 42.5 Å². The van der Waals surface area contributed by atoms with E-state index in [-0.39, 0.29) is 23.2 Å². The lowest BCUT2D eigenvalue weighted by molar-refractivity contribution is -0.121. The number of carbonyl (C=O) groups excluding carboxylic acids is 1. The van der Waals surface area contributed by atoms with Crippen molar-refractivity contribution in [2.24, 2.45) is 5.41 Å². The number of nitrogens with one attached hydrogen (secondary N) is 1. The predicted molar refractivity (Wildman–Crippen MR) is 108 cm³/mol. The van der Waals surface area contributed by atoms with Gasteiger partial charge in [-0.1, -0.05) is 50.6 Å². The van der Waals surface area contributed by atoms with E-state index in [2.05, 4.69) is 31.0 Å². The second-order valence-electron chi connectivity index (χ2n) is 8.82. The molecule has 0 aliphatic carbocycles. The Hall–Kier alpha value is -2.07. The van der Waals surface area contributed by atoms with E-state index in [1.54, 1.807) is 6.07 Å². The summed E-state index contributed by atoms with van der Waals surface area (Å²) in [4.78, 5) is 15.4. The number of hydrogen-bond donors (Lipinski definition) is 1. The van der Waals surface area contributed by atoms with Crippen LogP contribution in [0.1, 0.15) is 39.2 Å². The van der Waals surface area contributed by atoms with Crippen LogP contribution < -0.4 is 10.2 Å². The molecule has 4 rings (SSSR count). The van der Waals surface area contributed by atoms with Gasteiger partial charge in [0, 0.05) is 29.0 Å². The molecule has 3 nitrogen and oxygen atoms in total. The SMILES string of the molecule is CC(C)(C)CC1N(c2cc(F)cc(Cl)c2)CCC12C(=O)Nc1ccccc12. The Morgan fingerprint density at radius 1 is 1.26 bits per heavy atom. The molecule has 1 N–H and O–H groups in total. The first-order chi connectivity index (χ1) is 12.7. The van der Waals surface area contributed by atoms with Crippen LogP contribution >= 0.6 is 11.6 Å². The normalized spacial score (nSPS) is 24.4. The molecular weight excluding hydrogens is 363 g/mol. The van der Waals surface area contributed by atoms with E-state index in [4.69, 9.17) is 11.6 Å². The van der Waals surface area contributed by atoms with E-state index in [0.717, 1.165) is 23.4 Å². The molecule has 2 aliphatic heterocycles. The summed E-state index contributed by atoms with van der Waals surface area (Å²) in [6.45, 7) is 7.21. The molecule has 2 aliphatic rings. The zero-order valence-electron chi connectivity index (χ0n) is 15.9. The van der Waals surface area contributed by atoms with Gasteiger partial charge in [-0.3, -0.25) is 4.79 Å². The van der Waals surface area contributed by atoms with E-state index in [9.17, 15) is 9.18 Å². The number of benzene rings is 2. The Kier molecular flexibility index (Phi) is 4.22. The highest BCUT2D eigenvalue weighted by Crippen LogP contribution is 2.52. The monoisotopic (exact) mass is 386 g/mol. The number of nitrogens with zero attached hydrogens (tertiary/aromatic N) is 1. The number of halogens is 2. The number of fused-ring (bicyclic) bond motifs is 2. The molecule has 1 amide bonds. The van der Waals surface area contributed by atoms with Crippen molar-refractivity contribution in [1.82, 2.24) is 0 Å². The van der Waals surface area contributed by atoms with Gasteiger partial charge in [0.15, 0.2) is 0 Å². The molecular formula is C22H24ClFN2O. The van der Waals surface area contributed by atoms with E-state index in [1.165, 1.54) is 12.1 Å². The molecule has 0 bridgehead atoms. The van der Waals surface area contributed by atoms with Crippen molar-refractivity contribution in [2.75, 3.05) is 16.8 Å². The molecule has 0 aromatic heterocycles. The van der Waals surface area contributed by atoms with Gasteiger partial charge in [-0.25, -0.2) is 4.39 Å². The first-order valence-corrected chi connectivity index (χ1v) is 9.72. The lowest BCUT2D eigenvalue weighted by atomic mass is 9.70. The van der Waals surface area contributed by atoms with Crippen molar-refractivity contribution >= 4 is 28.9 Å². The Balaban J connectivity index is 1.85. The molecule has 0 saturated carbocycles. The number of para-hydroxylation sites is 1. The van der Waals surface area contributed by atoms with Gasteiger partial charge >= 0.3 is 0 Å². The molecule has 1 saturated heterocycles. The molecule has 2 aromatic carbocycles. The highest BCUT2D eigenvalue weighted by Gasteiger charge is 2.58. The fourth-order valence-electron chi connectivity index (χ4n) is 4.68. The van der Waals surface area contributed by atoms with Crippen LogP contribution in [0.3, 0.4) is 0 Å². The fourth-order valence-corrected chi connectivity index (χ4v) is 4.90. The average Bonchev–Trinajstić information content (AvgIpc) is 3.06. The Labute approximate surface area is 164 Å². The third-order valence-electron chi connectivity index (χ3n) is 5.74. The topological polar surface area (TPSA) is 32.3 Å². The van der Waals surface area contributed by atoms with Gasteiger partial charge in [0.1, 0.15) is 5.82 Å². The molecule has 142 valence electrons. The summed E-state index contributed by atoms with van der Waals surface area (Å²) < 4.78 is 14.0. The quantitative estimate of drug-likeness (QED) is 0.751. The first kappa shape index (κ1) is 18.3. The van der Waals surface area contributed by atoms with Gasteiger partial charge in [0.25, 0.3) is 0 Å². The molecule has 1 spiro atoms. The highest BCUT2D eigenvalue weighted by atomic mass is 35.5. The number of rotatable bonds is 2. The molecule has 5 heteroatoms. The van der Waals surface area contributed by atoms with Crippen LogP contribution in [0.2, 0.25) is 5.02 Å². The van der Waals surface area contributed by atoms with E-state index in [1.807, 2.05) is 24.3 Å². The summed E-state index contributed by atoms with van der Waals surface area (Å²) in [5, 5.41) is 3.45. The number of hydrogen-bond acceptors (Lipinski definition) is 2. The molecule has 1 fully saturated rings. The minimum Gasteiger partial charge on any atom is -0.367 e. The van der Waals surface area contributed by atoms with Gasteiger partial charge in [0.2, 0.25) is 5.91 Å². The third-order valence-corrected chi connectivity index (χ3v) is 5.96. The second kappa shape index (κ2) is 6.23. The second-order valence-corrected chi connectivity index (χ2v) is 9.26. The minimum absolute atomic E-state index is 0.00912. The standard InChI is InChI=1S/C22H24ClFN2O/c1-21(2,3)13-19-22(17-6-4-5-7-18(17)25-20(22)27)8-9-26(19)16-11-14(23)10-15(24)12-16/h4-7,10-12,19H,8-9,13H2,1-3H3,(H,25,27). The highest BCUT2D eigenvalue weighted by molar-refractivity contribution is 6.30. The molecule has 2 aromatic rings. The summed E-state index contributed by atoms with van der Waals surface area (Å²) in [5.74, 6) is -0.313. The number of carbonyl (C=O) groups is 1. The molecule has 27 heavy (non-hydrogen) atoms. The maximum atomic E-state index is 14.0. The van der Waals surface area contributed by atoms with Crippen LogP contribution in [-0.4, -0.2) is 18.5 Å². The molecule has 0 radical (unpaired) electrons. The smallest absolute Gasteiger partial charge is 0.237 e. The van der Waals surface area contributed by atoms with Crippen LogP contribution in [-0.2, 0) is 10.2 Å². The average molecular weight is 387 g/mol. The Morgan fingerprint density at radius 3 is 2.70 bits per heavy atom. The van der Waals surface area contributed by atoms with Crippen molar-refractivity contribution < 1.29 is 9.18 Å². The zero-order valence-corrected chi connectivity index (χ0v) is 16.6. The van der Waals surface area contributed by atoms with Crippen molar-refractivity contribution in [1.29, 1.82) is 0 Å². The van der Waals surface area contributed by atoms with Crippen molar-refractivity contribution in [3.63, 3.8) is 0 Å². The van der Waals surface area contributed by atoms with Crippen LogP contribution in [0.25, 0.3) is 0 Å². The third kappa shape index (κ3) is 3.00. The molecule has 2 unspecified atom stereocenters. The van der Waals surface area contributed by atoms with Crippen LogP contribution in [0.4, 0.5) is 15.8 Å². The van der Waals surface area contributed by atoms with E-state index in [0.29, 0.717) is 18.0 Å². The van der Waals surface area contributed by atoms with Crippen LogP contribution in [0.5, 0.6) is 0 Å². The predicted octanol–water partition coefficient (Wildman–Crippen LogP) is 5.38. The fraction of sp³-hybridized carbons (Fsp3) is 0.409. The first-order valence-electron chi connectivity index (χ1n) is 9.34.